The van der Waals surface area contributed by atoms with Crippen molar-refractivity contribution in [1.29, 1.82) is 0 Å². The monoisotopic (exact) mass is 280 g/mol. The molecule has 2 unspecified atom stereocenters. The lowest BCUT2D eigenvalue weighted by molar-refractivity contribution is -0.852. The minimum Gasteiger partial charge on any atom is -0.264 e. The van der Waals surface area contributed by atoms with E-state index in [0.29, 0.717) is 0 Å². The average molecular weight is 280 g/mol. The Morgan fingerprint density at radius 1 is 1.37 bits per heavy atom. The third kappa shape index (κ3) is 2.91. The summed E-state index contributed by atoms with van der Waals surface area (Å²) < 4.78 is 0. The van der Waals surface area contributed by atoms with E-state index < -0.39 is 45.7 Å². The Morgan fingerprint density at radius 2 is 1.89 bits per heavy atom. The van der Waals surface area contributed by atoms with E-state index in [1.54, 1.807) is 0 Å². The Hall–Kier alpha value is -1.92. The van der Waals surface area contributed by atoms with Crippen LogP contribution in [0, 0.1) is 30.3 Å². The van der Waals surface area contributed by atoms with Gasteiger partial charge in [0, 0.05) is 4.92 Å². The summed E-state index contributed by atoms with van der Waals surface area (Å²) in [5, 5.41) is 32.3. The fraction of sp³-hybridized carbons (Fsp3) is 1.00. The second kappa shape index (κ2) is 5.38. The number of nitro groups is 3. The fourth-order valence-corrected chi connectivity index (χ4v) is 1.61. The molecular formula is C7H12N4O8. The van der Waals surface area contributed by atoms with Gasteiger partial charge in [-0.15, -0.1) is 0 Å². The molecule has 0 spiro atoms. The van der Waals surface area contributed by atoms with E-state index in [1.165, 1.54) is 13.8 Å². The predicted octanol–water partition coefficient (Wildman–Crippen LogP) is -0.184. The van der Waals surface area contributed by atoms with E-state index in [0.717, 1.165) is 0 Å². The largest absolute Gasteiger partial charge is 0.568 e. The first kappa shape index (κ1) is 15.1. The van der Waals surface area contributed by atoms with Crippen molar-refractivity contribution in [3.05, 3.63) is 30.3 Å². The summed E-state index contributed by atoms with van der Waals surface area (Å²) in [4.78, 5) is 38.9. The second-order valence-corrected chi connectivity index (χ2v) is 4.10. The molecule has 0 aromatic carbocycles. The van der Waals surface area contributed by atoms with Crippen molar-refractivity contribution in [3.63, 3.8) is 0 Å². The van der Waals surface area contributed by atoms with Crippen LogP contribution in [-0.2, 0) is 9.68 Å². The van der Waals surface area contributed by atoms with E-state index in [2.05, 4.69) is 0 Å². The first-order valence-electron chi connectivity index (χ1n) is 5.24. The lowest BCUT2D eigenvalue weighted by Crippen LogP contribution is -2.56. The Kier molecular flexibility index (Phi) is 4.28. The minimum atomic E-state index is -2.79. The van der Waals surface area contributed by atoms with Gasteiger partial charge in [-0.3, -0.25) is 40.0 Å². The molecule has 0 aliphatic carbocycles. The van der Waals surface area contributed by atoms with Crippen LogP contribution in [0.2, 0.25) is 0 Å². The van der Waals surface area contributed by atoms with Crippen LogP contribution < -0.4 is 0 Å². The average Bonchev–Trinajstić information content (AvgIpc) is 2.54. The number of hydroxylamine groups is 2. The van der Waals surface area contributed by atoms with Crippen molar-refractivity contribution in [2.24, 2.45) is 0 Å². The molecule has 0 aromatic rings. The number of rotatable bonds is 6. The third-order valence-corrected chi connectivity index (χ3v) is 2.40. The Morgan fingerprint density at radius 3 is 2.32 bits per heavy atom. The van der Waals surface area contributed by atoms with Crippen molar-refractivity contribution in [2.45, 2.75) is 38.3 Å². The first-order valence-corrected chi connectivity index (χ1v) is 5.24. The van der Waals surface area contributed by atoms with Crippen LogP contribution in [0.25, 0.3) is 0 Å². The maximum absolute atomic E-state index is 11.0. The molecule has 12 heteroatoms. The van der Waals surface area contributed by atoms with Crippen LogP contribution in [0.4, 0.5) is 0 Å². The molecular weight excluding hydrogens is 268 g/mol. The SMILES string of the molecule is CC(C[N+](=O)[O-])ON1OC(C)CC1([N+](=O)[O-])[N+](=O)[O-]. The maximum atomic E-state index is 11.0. The molecule has 1 rings (SSSR count). The summed E-state index contributed by atoms with van der Waals surface area (Å²) in [5.74, 6) is -2.79. The summed E-state index contributed by atoms with van der Waals surface area (Å²) in [6.45, 7) is 1.98. The molecule has 1 saturated heterocycles. The number of hydrogen-bond acceptors (Lipinski definition) is 9. The molecule has 1 fully saturated rings. The van der Waals surface area contributed by atoms with E-state index >= 15 is 0 Å². The lowest BCUT2D eigenvalue weighted by atomic mass is 10.2. The van der Waals surface area contributed by atoms with Gasteiger partial charge in [-0.2, -0.15) is 0 Å². The van der Waals surface area contributed by atoms with Gasteiger partial charge in [-0.1, -0.05) is 0 Å². The predicted molar refractivity (Wildman–Crippen MR) is 56.1 cm³/mol. The van der Waals surface area contributed by atoms with Crippen molar-refractivity contribution < 1.29 is 24.4 Å². The molecule has 0 bridgehead atoms. The lowest BCUT2D eigenvalue weighted by Gasteiger charge is -2.21. The molecule has 0 amide bonds. The molecule has 108 valence electrons. The molecule has 1 aliphatic rings. The first-order chi connectivity index (χ1) is 8.70. The van der Waals surface area contributed by atoms with Gasteiger partial charge in [-0.25, -0.2) is 0 Å². The standard InChI is InChI=1S/C7H12N4O8/c1-5-3-7(9(14)15,10(16)17)11(18-5)19-6(2)4-8(12)13/h5-6H,3-4H2,1-2H3. The molecule has 19 heavy (non-hydrogen) atoms. The van der Waals surface area contributed by atoms with Gasteiger partial charge in [0.2, 0.25) is 6.54 Å². The topological polar surface area (TPSA) is 151 Å². The van der Waals surface area contributed by atoms with Gasteiger partial charge >= 0.3 is 5.79 Å². The van der Waals surface area contributed by atoms with Gasteiger partial charge in [0.1, 0.15) is 22.4 Å². The van der Waals surface area contributed by atoms with E-state index in [1.807, 2.05) is 0 Å². The smallest absolute Gasteiger partial charge is 0.264 e. The molecule has 2 atom stereocenters. The number of hydrogen-bond donors (Lipinski definition) is 0. The van der Waals surface area contributed by atoms with E-state index in [4.69, 9.17) is 9.68 Å². The summed E-state index contributed by atoms with van der Waals surface area (Å²) in [6.07, 6.45) is -2.46. The van der Waals surface area contributed by atoms with Crippen molar-refractivity contribution in [3.8, 4) is 0 Å². The highest BCUT2D eigenvalue weighted by Crippen LogP contribution is 2.33. The van der Waals surface area contributed by atoms with Crippen LogP contribution in [0.15, 0.2) is 0 Å². The fourth-order valence-electron chi connectivity index (χ4n) is 1.61. The zero-order valence-corrected chi connectivity index (χ0v) is 10.1. The zero-order chi connectivity index (χ0) is 14.8. The summed E-state index contributed by atoms with van der Waals surface area (Å²) in [6, 6.07) is 0. The van der Waals surface area contributed by atoms with Gasteiger partial charge in [0.05, 0.1) is 11.3 Å². The zero-order valence-electron chi connectivity index (χ0n) is 10.1. The van der Waals surface area contributed by atoms with Crippen LogP contribution in [0.1, 0.15) is 20.3 Å². The minimum absolute atomic E-state index is 0.145. The highest BCUT2D eigenvalue weighted by Gasteiger charge is 2.70. The molecule has 0 saturated carbocycles. The Labute approximate surface area is 106 Å². The van der Waals surface area contributed by atoms with Crippen molar-refractivity contribution in [1.82, 2.24) is 5.23 Å². The van der Waals surface area contributed by atoms with E-state index in [9.17, 15) is 30.3 Å². The van der Waals surface area contributed by atoms with Gasteiger partial charge in [0.25, 0.3) is 0 Å². The molecule has 12 nitrogen and oxygen atoms in total. The highest BCUT2D eigenvalue weighted by molar-refractivity contribution is 4.71. The second-order valence-electron chi connectivity index (χ2n) is 4.10. The number of nitrogens with zero attached hydrogens (tertiary/aromatic N) is 4. The van der Waals surface area contributed by atoms with Crippen LogP contribution in [0.3, 0.4) is 0 Å². The quantitative estimate of drug-likeness (QED) is 0.366. The summed E-state index contributed by atoms with van der Waals surface area (Å²) in [7, 11) is 0. The Bertz CT molecular complexity index is 387. The highest BCUT2D eigenvalue weighted by atomic mass is 17.0. The van der Waals surface area contributed by atoms with E-state index in [-0.39, 0.29) is 5.23 Å². The van der Waals surface area contributed by atoms with Crippen molar-refractivity contribution >= 4 is 0 Å². The van der Waals surface area contributed by atoms with Gasteiger partial charge in [-0.05, 0) is 13.8 Å². The summed E-state index contributed by atoms with van der Waals surface area (Å²) >= 11 is 0. The van der Waals surface area contributed by atoms with Crippen LogP contribution in [0.5, 0.6) is 0 Å². The van der Waals surface area contributed by atoms with Gasteiger partial charge < -0.3 is 0 Å². The molecule has 0 aromatic heterocycles. The van der Waals surface area contributed by atoms with Gasteiger partial charge in [0.15, 0.2) is 0 Å². The summed E-state index contributed by atoms with van der Waals surface area (Å²) in [5.41, 5.74) is 0. The van der Waals surface area contributed by atoms with Crippen LogP contribution >= 0.6 is 0 Å². The maximum Gasteiger partial charge on any atom is 0.568 e. The normalized spacial score (nSPS) is 24.0. The Balaban J connectivity index is 2.93. The molecule has 0 radical (unpaired) electrons. The van der Waals surface area contributed by atoms with Crippen molar-refractivity contribution in [2.75, 3.05) is 6.54 Å². The molecule has 1 heterocycles. The molecule has 1 aliphatic heterocycles. The third-order valence-electron chi connectivity index (χ3n) is 2.40. The molecule has 0 N–H and O–H groups in total. The van der Waals surface area contributed by atoms with Crippen LogP contribution in [-0.4, -0.2) is 44.5 Å².